The number of hydrogen-bond acceptors (Lipinski definition) is 3. The zero-order valence-corrected chi connectivity index (χ0v) is 11.7. The molecule has 0 aliphatic rings. The maximum absolute atomic E-state index is 6.03. The van der Waals surface area contributed by atoms with Crippen molar-refractivity contribution in [1.29, 1.82) is 0 Å². The number of hydrogen-bond donors (Lipinski definition) is 2. The molecule has 0 bridgehead atoms. The molecule has 2 aromatic carbocycles. The molecule has 1 unspecified atom stereocenters. The van der Waals surface area contributed by atoms with Crippen molar-refractivity contribution in [2.75, 3.05) is 7.11 Å². The van der Waals surface area contributed by atoms with E-state index in [4.69, 9.17) is 22.2 Å². The van der Waals surface area contributed by atoms with Crippen molar-refractivity contribution in [1.82, 2.24) is 5.43 Å². The van der Waals surface area contributed by atoms with Crippen molar-refractivity contribution in [3.05, 3.63) is 64.2 Å². The molecule has 3 N–H and O–H groups in total. The second kappa shape index (κ2) is 6.06. The molecule has 2 aromatic rings. The van der Waals surface area contributed by atoms with Crippen molar-refractivity contribution in [3.63, 3.8) is 0 Å². The van der Waals surface area contributed by atoms with Crippen molar-refractivity contribution in [2.24, 2.45) is 5.84 Å². The van der Waals surface area contributed by atoms with Gasteiger partial charge in [-0.3, -0.25) is 5.84 Å². The van der Waals surface area contributed by atoms with Crippen molar-refractivity contribution in [3.8, 4) is 5.75 Å². The van der Waals surface area contributed by atoms with Crippen LogP contribution in [0, 0.1) is 6.92 Å². The van der Waals surface area contributed by atoms with E-state index in [1.165, 1.54) is 0 Å². The molecule has 19 heavy (non-hydrogen) atoms. The Morgan fingerprint density at radius 1 is 1.21 bits per heavy atom. The number of aryl methyl sites for hydroxylation is 1. The summed E-state index contributed by atoms with van der Waals surface area (Å²) < 4.78 is 5.22. The lowest BCUT2D eigenvalue weighted by Gasteiger charge is -2.19. The van der Waals surface area contributed by atoms with Crippen molar-refractivity contribution in [2.45, 2.75) is 13.0 Å². The highest BCUT2D eigenvalue weighted by Crippen LogP contribution is 2.28. The van der Waals surface area contributed by atoms with Gasteiger partial charge in [-0.2, -0.15) is 0 Å². The minimum absolute atomic E-state index is 0.0930. The molecule has 0 aromatic heterocycles. The van der Waals surface area contributed by atoms with Crippen molar-refractivity contribution < 1.29 is 4.74 Å². The Kier molecular flexibility index (Phi) is 4.43. The molecular weight excluding hydrogens is 260 g/mol. The summed E-state index contributed by atoms with van der Waals surface area (Å²) in [5.74, 6) is 6.54. The maximum Gasteiger partial charge on any atom is 0.119 e. The van der Waals surface area contributed by atoms with Gasteiger partial charge in [0.2, 0.25) is 0 Å². The zero-order valence-electron chi connectivity index (χ0n) is 11.0. The lowest BCUT2D eigenvalue weighted by molar-refractivity contribution is 0.414. The summed E-state index contributed by atoms with van der Waals surface area (Å²) in [4.78, 5) is 0. The third-order valence-corrected chi connectivity index (χ3v) is 3.37. The molecule has 0 heterocycles. The van der Waals surface area contributed by atoms with Crippen LogP contribution in [0.1, 0.15) is 22.7 Å². The third kappa shape index (κ3) is 3.07. The van der Waals surface area contributed by atoms with Gasteiger partial charge in [-0.15, -0.1) is 0 Å². The second-order valence-electron chi connectivity index (χ2n) is 4.38. The molecule has 0 saturated carbocycles. The Bertz CT molecular complexity index is 572. The number of rotatable bonds is 4. The predicted octanol–water partition coefficient (Wildman–Crippen LogP) is 3.21. The Labute approximate surface area is 118 Å². The predicted molar refractivity (Wildman–Crippen MR) is 78.3 cm³/mol. The molecule has 1 atom stereocenters. The van der Waals surface area contributed by atoms with Gasteiger partial charge >= 0.3 is 0 Å². The highest BCUT2D eigenvalue weighted by atomic mass is 35.5. The molecule has 2 rings (SSSR count). The van der Waals surface area contributed by atoms with Gasteiger partial charge in [0.15, 0.2) is 0 Å². The highest BCUT2D eigenvalue weighted by Gasteiger charge is 2.15. The summed E-state index contributed by atoms with van der Waals surface area (Å²) >= 11 is 6.03. The Morgan fingerprint density at radius 3 is 2.58 bits per heavy atom. The summed E-state index contributed by atoms with van der Waals surface area (Å²) in [5.41, 5.74) is 6.09. The minimum Gasteiger partial charge on any atom is -0.497 e. The Morgan fingerprint density at radius 2 is 2.00 bits per heavy atom. The molecule has 0 spiro atoms. The SMILES string of the molecule is COc1ccc(C(NN)c2cccc(Cl)c2)c(C)c1. The lowest BCUT2D eigenvalue weighted by Crippen LogP contribution is -2.29. The van der Waals surface area contributed by atoms with Crippen LogP contribution < -0.4 is 16.0 Å². The van der Waals surface area contributed by atoms with Crippen LogP contribution in [0.3, 0.4) is 0 Å². The van der Waals surface area contributed by atoms with E-state index in [-0.39, 0.29) is 6.04 Å². The molecule has 100 valence electrons. The first-order chi connectivity index (χ1) is 9.15. The summed E-state index contributed by atoms with van der Waals surface area (Å²) in [6, 6.07) is 13.5. The fourth-order valence-electron chi connectivity index (χ4n) is 2.15. The Hall–Kier alpha value is -1.55. The summed E-state index contributed by atoms with van der Waals surface area (Å²) in [7, 11) is 1.66. The largest absolute Gasteiger partial charge is 0.497 e. The standard InChI is InChI=1S/C15H17ClN2O/c1-10-8-13(19-2)6-7-14(10)15(18-17)11-4-3-5-12(16)9-11/h3-9,15,18H,17H2,1-2H3. The van der Waals surface area contributed by atoms with Gasteiger partial charge in [-0.05, 0) is 47.9 Å². The van der Waals surface area contributed by atoms with Crippen LogP contribution in [0.25, 0.3) is 0 Å². The lowest BCUT2D eigenvalue weighted by atomic mass is 9.95. The highest BCUT2D eigenvalue weighted by molar-refractivity contribution is 6.30. The smallest absolute Gasteiger partial charge is 0.119 e. The third-order valence-electron chi connectivity index (χ3n) is 3.14. The van der Waals surface area contributed by atoms with Gasteiger partial charge in [0, 0.05) is 5.02 Å². The number of ether oxygens (including phenoxy) is 1. The van der Waals surface area contributed by atoms with Crippen LogP contribution in [0.4, 0.5) is 0 Å². The van der Waals surface area contributed by atoms with E-state index in [1.54, 1.807) is 7.11 Å². The van der Waals surface area contributed by atoms with Crippen LogP contribution in [0.15, 0.2) is 42.5 Å². The molecule has 4 heteroatoms. The van der Waals surface area contributed by atoms with Gasteiger partial charge in [0.05, 0.1) is 13.2 Å². The van der Waals surface area contributed by atoms with E-state index in [2.05, 4.69) is 5.43 Å². The van der Waals surface area contributed by atoms with Gasteiger partial charge in [-0.25, -0.2) is 5.43 Å². The monoisotopic (exact) mass is 276 g/mol. The first-order valence-corrected chi connectivity index (χ1v) is 6.39. The maximum atomic E-state index is 6.03. The van der Waals surface area contributed by atoms with Crippen LogP contribution in [-0.4, -0.2) is 7.11 Å². The molecule has 0 aliphatic heterocycles. The van der Waals surface area contributed by atoms with E-state index in [0.717, 1.165) is 22.4 Å². The molecule has 0 radical (unpaired) electrons. The van der Waals surface area contributed by atoms with Gasteiger partial charge < -0.3 is 4.74 Å². The number of nitrogens with one attached hydrogen (secondary N) is 1. The first kappa shape index (κ1) is 13.9. The summed E-state index contributed by atoms with van der Waals surface area (Å²) in [6.45, 7) is 2.03. The first-order valence-electron chi connectivity index (χ1n) is 6.02. The normalized spacial score (nSPS) is 12.2. The molecule has 0 saturated heterocycles. The van der Waals surface area contributed by atoms with Crippen LogP contribution in [0.5, 0.6) is 5.75 Å². The van der Waals surface area contributed by atoms with Crippen LogP contribution in [-0.2, 0) is 0 Å². The van der Waals surface area contributed by atoms with E-state index in [9.17, 15) is 0 Å². The minimum atomic E-state index is -0.0930. The van der Waals surface area contributed by atoms with Crippen LogP contribution >= 0.6 is 11.6 Å². The Balaban J connectivity index is 2.42. The second-order valence-corrected chi connectivity index (χ2v) is 4.81. The summed E-state index contributed by atoms with van der Waals surface area (Å²) in [5, 5.41) is 0.698. The fourth-order valence-corrected chi connectivity index (χ4v) is 2.35. The molecule has 0 aliphatic carbocycles. The quantitative estimate of drug-likeness (QED) is 0.666. The number of halogens is 1. The topological polar surface area (TPSA) is 47.3 Å². The number of methoxy groups -OCH3 is 1. The average Bonchev–Trinajstić information content (AvgIpc) is 2.41. The van der Waals surface area contributed by atoms with E-state index in [0.29, 0.717) is 5.02 Å². The number of nitrogens with two attached hydrogens (primary N) is 1. The van der Waals surface area contributed by atoms with Gasteiger partial charge in [-0.1, -0.05) is 29.8 Å². The number of benzene rings is 2. The molecule has 0 amide bonds. The van der Waals surface area contributed by atoms with E-state index in [1.807, 2.05) is 49.4 Å². The number of hydrazine groups is 1. The van der Waals surface area contributed by atoms with Crippen molar-refractivity contribution >= 4 is 11.6 Å². The molecular formula is C15H17ClN2O. The zero-order chi connectivity index (χ0) is 13.8. The average molecular weight is 277 g/mol. The summed E-state index contributed by atoms with van der Waals surface area (Å²) in [6.07, 6.45) is 0. The molecule has 0 fully saturated rings. The van der Waals surface area contributed by atoms with Crippen LogP contribution in [0.2, 0.25) is 5.02 Å². The van der Waals surface area contributed by atoms with Gasteiger partial charge in [0.1, 0.15) is 5.75 Å². The van der Waals surface area contributed by atoms with E-state index < -0.39 is 0 Å². The van der Waals surface area contributed by atoms with Gasteiger partial charge in [0.25, 0.3) is 0 Å². The van der Waals surface area contributed by atoms with E-state index >= 15 is 0 Å². The molecule has 3 nitrogen and oxygen atoms in total. The fraction of sp³-hybridized carbons (Fsp3) is 0.200.